The highest BCUT2D eigenvalue weighted by atomic mass is 16.5. The number of rotatable bonds is 6. The molecule has 4 heterocycles. The van der Waals surface area contributed by atoms with Gasteiger partial charge in [0.25, 0.3) is 0 Å². The fraction of sp³-hybridized carbons (Fsp3) is 0.346. The molecule has 3 aliphatic heterocycles. The first-order chi connectivity index (χ1) is 14.3. The number of fused-ring (bicyclic) bond motifs is 4. The van der Waals surface area contributed by atoms with Crippen molar-refractivity contribution in [3.8, 4) is 0 Å². The summed E-state index contributed by atoms with van der Waals surface area (Å²) >= 11 is 0. The van der Waals surface area contributed by atoms with Crippen molar-refractivity contribution in [3.05, 3.63) is 90.6 Å². The molecule has 0 aliphatic carbocycles. The lowest BCUT2D eigenvalue weighted by Gasteiger charge is -2.56. The molecule has 3 saturated heterocycles. The second-order valence-electron chi connectivity index (χ2n) is 8.48. The Morgan fingerprint density at radius 1 is 1.10 bits per heavy atom. The summed E-state index contributed by atoms with van der Waals surface area (Å²) in [4.78, 5) is 7.14. The summed E-state index contributed by atoms with van der Waals surface area (Å²) < 4.78 is 6.81. The first-order valence-electron chi connectivity index (χ1n) is 10.7. The van der Waals surface area contributed by atoms with E-state index in [-0.39, 0.29) is 5.72 Å². The van der Waals surface area contributed by atoms with Gasteiger partial charge in [0, 0.05) is 31.1 Å². The third-order valence-electron chi connectivity index (χ3n) is 6.82. The van der Waals surface area contributed by atoms with Gasteiger partial charge < -0.3 is 4.74 Å². The van der Waals surface area contributed by atoms with Crippen LogP contribution in [0.3, 0.4) is 0 Å². The number of hydrogen-bond acceptors (Lipinski definition) is 3. The van der Waals surface area contributed by atoms with E-state index in [9.17, 15) is 0 Å². The zero-order valence-electron chi connectivity index (χ0n) is 16.8. The molecule has 4 atom stereocenters. The predicted octanol–water partition coefficient (Wildman–Crippen LogP) is 5.22. The Labute approximate surface area is 173 Å². The van der Waals surface area contributed by atoms with E-state index in [0.29, 0.717) is 18.4 Å². The molecule has 3 aromatic rings. The van der Waals surface area contributed by atoms with Gasteiger partial charge >= 0.3 is 0 Å². The maximum absolute atomic E-state index is 6.81. The zero-order valence-corrected chi connectivity index (χ0v) is 16.8. The van der Waals surface area contributed by atoms with Crippen LogP contribution < -0.4 is 0 Å². The van der Waals surface area contributed by atoms with Gasteiger partial charge in [0.05, 0.1) is 12.1 Å². The average Bonchev–Trinajstić information content (AvgIpc) is 2.79. The van der Waals surface area contributed by atoms with Gasteiger partial charge in [-0.15, -0.1) is 6.58 Å². The second kappa shape index (κ2) is 7.74. The van der Waals surface area contributed by atoms with Gasteiger partial charge in [-0.25, -0.2) is 0 Å². The molecule has 0 N–H and O–H groups in total. The Hall–Kier alpha value is -2.49. The molecule has 1 aromatic heterocycles. The summed E-state index contributed by atoms with van der Waals surface area (Å²) in [6, 6.07) is 21.1. The maximum atomic E-state index is 6.81. The highest BCUT2D eigenvalue weighted by Gasteiger charge is 2.50. The van der Waals surface area contributed by atoms with Crippen LogP contribution in [0.15, 0.2) is 79.5 Å². The summed E-state index contributed by atoms with van der Waals surface area (Å²) in [5.74, 6) is 1.23. The third kappa shape index (κ3) is 3.50. The van der Waals surface area contributed by atoms with Gasteiger partial charge in [-0.3, -0.25) is 9.88 Å². The van der Waals surface area contributed by atoms with E-state index in [2.05, 4.69) is 83.2 Å². The van der Waals surface area contributed by atoms with Crippen molar-refractivity contribution in [1.29, 1.82) is 0 Å². The number of ether oxygens (including phenoxy) is 1. The molecule has 29 heavy (non-hydrogen) atoms. The maximum Gasteiger partial charge on any atom is 0.126 e. The number of aromatic nitrogens is 1. The second-order valence-corrected chi connectivity index (χ2v) is 8.48. The minimum absolute atomic E-state index is 0.262. The SMILES string of the molecule is C=CC1CN2CCC1CC2(Cc1ccnc2ccccc12)OCc1ccccc1. The normalized spacial score (nSPS) is 28.5. The molecule has 2 bridgehead atoms. The van der Waals surface area contributed by atoms with Gasteiger partial charge in [0.2, 0.25) is 0 Å². The van der Waals surface area contributed by atoms with E-state index in [1.165, 1.54) is 22.9 Å². The molecule has 4 unspecified atom stereocenters. The summed E-state index contributed by atoms with van der Waals surface area (Å²) in [6.07, 6.45) is 7.28. The molecule has 3 fully saturated rings. The fourth-order valence-corrected chi connectivity index (χ4v) is 5.24. The van der Waals surface area contributed by atoms with Crippen LogP contribution in [0.4, 0.5) is 0 Å². The lowest BCUT2D eigenvalue weighted by Crippen LogP contribution is -2.63. The molecule has 2 aromatic carbocycles. The fourth-order valence-electron chi connectivity index (χ4n) is 5.24. The first kappa shape index (κ1) is 18.5. The average molecular weight is 385 g/mol. The zero-order chi connectivity index (χ0) is 19.7. The summed E-state index contributed by atoms with van der Waals surface area (Å²) in [7, 11) is 0. The van der Waals surface area contributed by atoms with E-state index in [1.54, 1.807) is 0 Å². The topological polar surface area (TPSA) is 25.4 Å². The van der Waals surface area contributed by atoms with Gasteiger partial charge in [-0.1, -0.05) is 54.6 Å². The minimum Gasteiger partial charge on any atom is -0.355 e. The van der Waals surface area contributed by atoms with Crippen LogP contribution in [0.5, 0.6) is 0 Å². The smallest absolute Gasteiger partial charge is 0.126 e. The van der Waals surface area contributed by atoms with Crippen LogP contribution >= 0.6 is 0 Å². The molecule has 0 amide bonds. The molecule has 3 nitrogen and oxygen atoms in total. The Morgan fingerprint density at radius 3 is 2.72 bits per heavy atom. The predicted molar refractivity (Wildman–Crippen MR) is 117 cm³/mol. The monoisotopic (exact) mass is 384 g/mol. The quantitative estimate of drug-likeness (QED) is 0.545. The van der Waals surface area contributed by atoms with Crippen LogP contribution in [-0.4, -0.2) is 28.7 Å². The van der Waals surface area contributed by atoms with Crippen molar-refractivity contribution in [1.82, 2.24) is 9.88 Å². The molecule has 0 spiro atoms. The van der Waals surface area contributed by atoms with Gasteiger partial charge in [0.1, 0.15) is 5.72 Å². The summed E-state index contributed by atoms with van der Waals surface area (Å²) in [5.41, 5.74) is 3.35. The molecule has 3 aliphatic rings. The number of para-hydroxylation sites is 1. The standard InChI is InChI=1S/C26H28N2O/c1-2-21-18-28-15-13-22(21)16-26(28,29-19-20-8-4-3-5-9-20)17-23-12-14-27-25-11-7-6-10-24(23)25/h2-12,14,21-22H,1,13,15-19H2. The molecule has 3 heteroatoms. The Morgan fingerprint density at radius 2 is 1.93 bits per heavy atom. The third-order valence-corrected chi connectivity index (χ3v) is 6.82. The van der Waals surface area contributed by atoms with E-state index in [0.717, 1.165) is 31.4 Å². The van der Waals surface area contributed by atoms with Crippen molar-refractivity contribution >= 4 is 10.9 Å². The highest BCUT2D eigenvalue weighted by Crippen LogP contribution is 2.45. The summed E-state index contributed by atoms with van der Waals surface area (Å²) in [5, 5.41) is 1.24. The molecule has 0 saturated carbocycles. The Kier molecular flexibility index (Phi) is 4.94. The molecule has 148 valence electrons. The Balaban J connectivity index is 1.49. The van der Waals surface area contributed by atoms with Crippen molar-refractivity contribution in [2.75, 3.05) is 13.1 Å². The van der Waals surface area contributed by atoms with Crippen molar-refractivity contribution in [3.63, 3.8) is 0 Å². The van der Waals surface area contributed by atoms with Crippen molar-refractivity contribution in [2.24, 2.45) is 11.8 Å². The van der Waals surface area contributed by atoms with Gasteiger partial charge in [-0.2, -0.15) is 0 Å². The number of nitrogens with zero attached hydrogens (tertiary/aromatic N) is 2. The van der Waals surface area contributed by atoms with Crippen molar-refractivity contribution in [2.45, 2.75) is 31.6 Å². The number of benzene rings is 2. The van der Waals surface area contributed by atoms with Crippen molar-refractivity contribution < 1.29 is 4.74 Å². The molecule has 6 rings (SSSR count). The van der Waals surface area contributed by atoms with E-state index < -0.39 is 0 Å². The summed E-state index contributed by atoms with van der Waals surface area (Å²) in [6.45, 7) is 6.89. The lowest BCUT2D eigenvalue weighted by molar-refractivity contribution is -0.222. The van der Waals surface area contributed by atoms with Gasteiger partial charge in [0.15, 0.2) is 0 Å². The lowest BCUT2D eigenvalue weighted by atomic mass is 9.72. The molecular weight excluding hydrogens is 356 g/mol. The highest BCUT2D eigenvalue weighted by molar-refractivity contribution is 5.81. The minimum atomic E-state index is -0.262. The van der Waals surface area contributed by atoms with Crippen LogP contribution in [0.2, 0.25) is 0 Å². The molecular formula is C26H28N2O. The number of pyridine rings is 1. The van der Waals surface area contributed by atoms with Crippen LogP contribution in [0, 0.1) is 11.8 Å². The Bertz CT molecular complexity index is 997. The first-order valence-corrected chi connectivity index (χ1v) is 10.7. The number of piperidine rings is 3. The van der Waals surface area contributed by atoms with Crippen LogP contribution in [-0.2, 0) is 17.8 Å². The largest absolute Gasteiger partial charge is 0.355 e. The molecule has 0 radical (unpaired) electrons. The van der Waals surface area contributed by atoms with E-state index >= 15 is 0 Å². The number of hydrogen-bond donors (Lipinski definition) is 0. The van der Waals surface area contributed by atoms with Crippen LogP contribution in [0.25, 0.3) is 10.9 Å². The van der Waals surface area contributed by atoms with Crippen LogP contribution in [0.1, 0.15) is 24.0 Å². The van der Waals surface area contributed by atoms with Gasteiger partial charge in [-0.05, 0) is 47.9 Å². The van der Waals surface area contributed by atoms with E-state index in [1.807, 2.05) is 6.20 Å². The van der Waals surface area contributed by atoms with E-state index in [4.69, 9.17) is 4.74 Å².